The molecule has 0 bridgehead atoms. The summed E-state index contributed by atoms with van der Waals surface area (Å²) in [5.74, 6) is -1.56. The molecule has 0 aliphatic carbocycles. The van der Waals surface area contributed by atoms with Crippen LogP contribution in [0.4, 0.5) is 5.82 Å². The molecule has 0 aliphatic heterocycles. The summed E-state index contributed by atoms with van der Waals surface area (Å²) >= 11 is 1.40. The van der Waals surface area contributed by atoms with Crippen molar-refractivity contribution < 1.29 is 19.2 Å². The number of aliphatic hydroxyl groups excluding tert-OH is 1. The maximum atomic E-state index is 11.5. The van der Waals surface area contributed by atoms with Crippen LogP contribution in [-0.2, 0) is 9.59 Å². The van der Waals surface area contributed by atoms with E-state index in [2.05, 4.69) is 20.3 Å². The first-order valence-corrected chi connectivity index (χ1v) is 6.67. The van der Waals surface area contributed by atoms with Crippen molar-refractivity contribution in [1.82, 2.24) is 10.5 Å². The molecule has 20 heavy (non-hydrogen) atoms. The Morgan fingerprint density at radius 3 is 2.85 bits per heavy atom. The summed E-state index contributed by atoms with van der Waals surface area (Å²) in [5, 5.41) is 19.8. The van der Waals surface area contributed by atoms with Crippen LogP contribution < -0.4 is 10.6 Å². The van der Waals surface area contributed by atoms with Crippen LogP contribution in [0.3, 0.4) is 0 Å². The van der Waals surface area contributed by atoms with Crippen LogP contribution in [0.25, 0.3) is 0 Å². The molecule has 0 radical (unpaired) electrons. The second kappa shape index (κ2) is 6.31. The van der Waals surface area contributed by atoms with Crippen LogP contribution in [-0.4, -0.2) is 28.6 Å². The van der Waals surface area contributed by atoms with Crippen molar-refractivity contribution in [1.29, 1.82) is 0 Å². The Labute approximate surface area is 118 Å². The van der Waals surface area contributed by atoms with E-state index in [1.165, 1.54) is 23.7 Å². The molecule has 2 rings (SSSR count). The third-order valence-corrected chi connectivity index (χ3v) is 3.67. The topological polar surface area (TPSA) is 104 Å². The summed E-state index contributed by atoms with van der Waals surface area (Å²) in [4.78, 5) is 23.8. The summed E-state index contributed by atoms with van der Waals surface area (Å²) < 4.78 is 4.52. The van der Waals surface area contributed by atoms with Crippen LogP contribution in [0.15, 0.2) is 28.3 Å². The lowest BCUT2D eigenvalue weighted by Crippen LogP contribution is -2.37. The third-order valence-electron chi connectivity index (χ3n) is 2.55. The summed E-state index contributed by atoms with van der Waals surface area (Å²) in [5.41, 5.74) is 0.948. The summed E-state index contributed by atoms with van der Waals surface area (Å²) in [6.07, 6.45) is 0.440. The van der Waals surface area contributed by atoms with Gasteiger partial charge in [0.05, 0.1) is 0 Å². The molecule has 8 heteroatoms. The van der Waals surface area contributed by atoms with E-state index in [1.807, 2.05) is 18.4 Å². The van der Waals surface area contributed by atoms with Gasteiger partial charge in [0, 0.05) is 17.5 Å². The van der Waals surface area contributed by atoms with Crippen molar-refractivity contribution in [2.75, 3.05) is 11.9 Å². The Kier molecular flexibility index (Phi) is 4.49. The van der Waals surface area contributed by atoms with E-state index in [-0.39, 0.29) is 12.4 Å². The smallest absolute Gasteiger partial charge is 0.314 e. The molecule has 2 aromatic heterocycles. The normalized spacial score (nSPS) is 11.9. The van der Waals surface area contributed by atoms with Crippen molar-refractivity contribution in [2.24, 2.45) is 0 Å². The van der Waals surface area contributed by atoms with Crippen LogP contribution in [0.1, 0.15) is 16.5 Å². The number of amides is 2. The van der Waals surface area contributed by atoms with Crippen molar-refractivity contribution in [3.05, 3.63) is 34.2 Å². The molecule has 2 heterocycles. The first-order valence-electron chi connectivity index (χ1n) is 5.79. The van der Waals surface area contributed by atoms with E-state index >= 15 is 0 Å². The van der Waals surface area contributed by atoms with Crippen molar-refractivity contribution in [3.63, 3.8) is 0 Å². The van der Waals surface area contributed by atoms with Gasteiger partial charge >= 0.3 is 11.8 Å². The second-order valence-electron chi connectivity index (χ2n) is 4.03. The number of nitrogens with zero attached hydrogens (tertiary/aromatic N) is 1. The predicted molar refractivity (Wildman–Crippen MR) is 72.2 cm³/mol. The number of carbonyl (C=O) groups excluding carboxylic acids is 2. The first-order chi connectivity index (χ1) is 9.58. The van der Waals surface area contributed by atoms with Crippen LogP contribution in [0, 0.1) is 6.92 Å². The zero-order valence-electron chi connectivity index (χ0n) is 10.6. The highest BCUT2D eigenvalue weighted by Crippen LogP contribution is 2.22. The van der Waals surface area contributed by atoms with E-state index in [0.717, 1.165) is 10.4 Å². The zero-order valence-corrected chi connectivity index (χ0v) is 11.4. The molecule has 0 saturated heterocycles. The lowest BCUT2D eigenvalue weighted by atomic mass is 10.2. The molecule has 1 atom stereocenters. The first kappa shape index (κ1) is 14.2. The molecule has 0 spiro atoms. The molecule has 0 aliphatic rings. The highest BCUT2D eigenvalue weighted by atomic mass is 32.1. The minimum Gasteiger partial charge on any atom is -0.386 e. The maximum absolute atomic E-state index is 11.5. The van der Waals surface area contributed by atoms with E-state index in [4.69, 9.17) is 0 Å². The number of aryl methyl sites for hydroxylation is 1. The Balaban J connectivity index is 1.83. The summed E-state index contributed by atoms with van der Waals surface area (Å²) in [6.45, 7) is 1.83. The third kappa shape index (κ3) is 3.43. The fourth-order valence-electron chi connectivity index (χ4n) is 1.54. The standard InChI is InChI=1S/C12H13N3O4S/c1-7-3-5-20-10(7)8(16)6-13-11(17)12(18)14-9-2-4-19-15-9/h2-5,8,16H,6H2,1H3,(H,13,17)(H,14,15,18)/t8-/m0/s1. The second-order valence-corrected chi connectivity index (χ2v) is 4.98. The fourth-order valence-corrected chi connectivity index (χ4v) is 2.45. The molecule has 2 amide bonds. The lowest BCUT2D eigenvalue weighted by molar-refractivity contribution is -0.136. The summed E-state index contributed by atoms with van der Waals surface area (Å²) in [7, 11) is 0. The predicted octanol–water partition coefficient (Wildman–Crippen LogP) is 0.833. The highest BCUT2D eigenvalue weighted by Gasteiger charge is 2.18. The quantitative estimate of drug-likeness (QED) is 0.725. The Morgan fingerprint density at radius 1 is 1.45 bits per heavy atom. The number of aromatic nitrogens is 1. The largest absolute Gasteiger partial charge is 0.386 e. The van der Waals surface area contributed by atoms with Crippen LogP contribution in [0.2, 0.25) is 0 Å². The average Bonchev–Trinajstić information content (AvgIpc) is 3.06. The molecule has 106 valence electrons. The van der Waals surface area contributed by atoms with Gasteiger partial charge in [-0.25, -0.2) is 0 Å². The number of hydrogen-bond acceptors (Lipinski definition) is 6. The minimum absolute atomic E-state index is 0.0353. The van der Waals surface area contributed by atoms with E-state index < -0.39 is 17.9 Å². The van der Waals surface area contributed by atoms with Gasteiger partial charge in [-0.15, -0.1) is 11.3 Å². The van der Waals surface area contributed by atoms with Gasteiger partial charge in [-0.05, 0) is 23.9 Å². The fraction of sp³-hybridized carbons (Fsp3) is 0.250. The molecule has 0 aromatic carbocycles. The van der Waals surface area contributed by atoms with Crippen molar-refractivity contribution in [2.45, 2.75) is 13.0 Å². The van der Waals surface area contributed by atoms with Crippen molar-refractivity contribution in [3.8, 4) is 0 Å². The molecule has 0 unspecified atom stereocenters. The number of hydrogen-bond donors (Lipinski definition) is 3. The van der Waals surface area contributed by atoms with Gasteiger partial charge in [0.15, 0.2) is 5.82 Å². The molecule has 7 nitrogen and oxygen atoms in total. The van der Waals surface area contributed by atoms with Gasteiger partial charge in [0.25, 0.3) is 0 Å². The zero-order chi connectivity index (χ0) is 14.5. The molecular formula is C12H13N3O4S. The Bertz CT molecular complexity index is 594. The van der Waals surface area contributed by atoms with Gasteiger partial charge in [-0.1, -0.05) is 5.16 Å². The van der Waals surface area contributed by atoms with E-state index in [9.17, 15) is 14.7 Å². The molecule has 2 aromatic rings. The minimum atomic E-state index is -0.867. The molecule has 0 fully saturated rings. The van der Waals surface area contributed by atoms with Crippen LogP contribution >= 0.6 is 11.3 Å². The monoisotopic (exact) mass is 295 g/mol. The molecule has 0 saturated carbocycles. The Morgan fingerprint density at radius 2 is 2.25 bits per heavy atom. The number of thiophene rings is 1. The molecular weight excluding hydrogens is 282 g/mol. The summed E-state index contributed by atoms with van der Waals surface area (Å²) in [6, 6.07) is 3.29. The van der Waals surface area contributed by atoms with Gasteiger partial charge in [0.1, 0.15) is 12.4 Å². The van der Waals surface area contributed by atoms with E-state index in [1.54, 1.807) is 0 Å². The number of nitrogens with one attached hydrogen (secondary N) is 2. The number of aliphatic hydroxyl groups is 1. The lowest BCUT2D eigenvalue weighted by Gasteiger charge is -2.11. The number of anilines is 1. The average molecular weight is 295 g/mol. The highest BCUT2D eigenvalue weighted by molar-refractivity contribution is 7.10. The SMILES string of the molecule is Cc1ccsc1[C@@H](O)CNC(=O)C(=O)Nc1ccon1. The van der Waals surface area contributed by atoms with Crippen LogP contribution in [0.5, 0.6) is 0 Å². The van der Waals surface area contributed by atoms with Gasteiger partial charge in [-0.2, -0.15) is 0 Å². The maximum Gasteiger partial charge on any atom is 0.314 e. The van der Waals surface area contributed by atoms with E-state index in [0.29, 0.717) is 0 Å². The number of carbonyl (C=O) groups is 2. The number of rotatable bonds is 4. The molecule has 3 N–H and O–H groups in total. The Hall–Kier alpha value is -2.19. The van der Waals surface area contributed by atoms with Gasteiger partial charge < -0.3 is 14.9 Å². The van der Waals surface area contributed by atoms with Gasteiger partial charge in [-0.3, -0.25) is 14.9 Å². The van der Waals surface area contributed by atoms with Gasteiger partial charge in [0.2, 0.25) is 0 Å². The van der Waals surface area contributed by atoms with Crippen molar-refractivity contribution >= 4 is 29.0 Å².